The minimum absolute atomic E-state index is 0.0556. The second-order valence-corrected chi connectivity index (χ2v) is 1.24. The van der Waals surface area contributed by atoms with Gasteiger partial charge in [0.25, 0.3) is 0 Å². The summed E-state index contributed by atoms with van der Waals surface area (Å²) < 4.78 is 33.3. The van der Waals surface area contributed by atoms with Crippen LogP contribution in [0.25, 0.3) is 0 Å². The second-order valence-electron chi connectivity index (χ2n) is 1.24. The van der Waals surface area contributed by atoms with Crippen LogP contribution in [0.4, 0.5) is 12.9 Å². The third-order valence-electron chi connectivity index (χ3n) is 0.460. The number of hydrogen-bond donors (Lipinski definition) is 1. The lowest BCUT2D eigenvalue weighted by atomic mass is 9.92. The van der Waals surface area contributed by atoms with Crippen LogP contribution in [0.15, 0.2) is 12.1 Å². The minimum Gasteiger partial charge on any atom is -0.445 e. The first kappa shape index (κ1) is 7.55. The maximum absolute atomic E-state index is 11.1. The predicted molar refractivity (Wildman–Crippen MR) is 25.3 cm³/mol. The first-order valence-corrected chi connectivity index (χ1v) is 2.05. The van der Waals surface area contributed by atoms with Gasteiger partial charge in [0.2, 0.25) is 0 Å². The van der Waals surface area contributed by atoms with Crippen molar-refractivity contribution < 1.29 is 18.1 Å². The maximum atomic E-state index is 11.1. The molecule has 0 saturated heterocycles. The van der Waals surface area contributed by atoms with Gasteiger partial charge in [-0.05, 0) is 0 Å². The number of aliphatic hydroxyl groups excluding tert-OH is 1. The zero-order valence-corrected chi connectivity index (χ0v) is 4.02. The molecule has 0 rings (SSSR count). The zero-order valence-electron chi connectivity index (χ0n) is 4.02. The molecule has 0 aromatic carbocycles. The summed E-state index contributed by atoms with van der Waals surface area (Å²) in [5.74, 6) is 0.0556. The molecule has 0 saturated carbocycles. The lowest BCUT2D eigenvalue weighted by Gasteiger charge is -2.04. The molecule has 0 fully saturated rings. The van der Waals surface area contributed by atoms with Crippen LogP contribution in [0.1, 0.15) is 0 Å². The summed E-state index contributed by atoms with van der Waals surface area (Å²) >= 11 is 0. The molecular weight excluding hydrogens is 120 g/mol. The van der Waals surface area contributed by atoms with Crippen LogP contribution in [0.2, 0.25) is 0 Å². The SMILES string of the molecule is OC/C=C/[B-](F)(F)F. The van der Waals surface area contributed by atoms with E-state index < -0.39 is 13.6 Å². The van der Waals surface area contributed by atoms with Crippen LogP contribution < -0.4 is 0 Å². The van der Waals surface area contributed by atoms with Crippen molar-refractivity contribution in [1.29, 1.82) is 0 Å². The van der Waals surface area contributed by atoms with Gasteiger partial charge in [-0.25, -0.2) is 0 Å². The monoisotopic (exact) mass is 125 g/mol. The van der Waals surface area contributed by atoms with E-state index in [0.717, 1.165) is 0 Å². The Morgan fingerprint density at radius 2 is 1.88 bits per heavy atom. The third-order valence-corrected chi connectivity index (χ3v) is 0.460. The summed E-state index contributed by atoms with van der Waals surface area (Å²) in [6.07, 6.45) is 0.667. The van der Waals surface area contributed by atoms with Gasteiger partial charge in [0.1, 0.15) is 0 Å². The van der Waals surface area contributed by atoms with E-state index in [2.05, 4.69) is 0 Å². The Morgan fingerprint density at radius 3 is 2.00 bits per heavy atom. The van der Waals surface area contributed by atoms with E-state index in [0.29, 0.717) is 6.08 Å². The fourth-order valence-corrected chi connectivity index (χ4v) is 0.215. The van der Waals surface area contributed by atoms with Crippen molar-refractivity contribution in [2.75, 3.05) is 6.61 Å². The van der Waals surface area contributed by atoms with E-state index in [1.807, 2.05) is 0 Å². The summed E-state index contributed by atoms with van der Waals surface area (Å²) in [4.78, 5) is 0. The van der Waals surface area contributed by atoms with Gasteiger partial charge >= 0.3 is 6.98 Å². The molecule has 0 amide bonds. The Bertz CT molecular complexity index is 87.0. The standard InChI is InChI=1S/C3H5BF3O/c5-4(6,7)2-1-3-8/h1-2,8H,3H2/q-1/b2-1+. The van der Waals surface area contributed by atoms with Gasteiger partial charge in [0.05, 0.1) is 6.61 Å². The quantitative estimate of drug-likeness (QED) is 0.544. The Hall–Kier alpha value is -0.445. The lowest BCUT2D eigenvalue weighted by molar-refractivity contribution is 0.342. The van der Waals surface area contributed by atoms with E-state index in [1.165, 1.54) is 0 Å². The van der Waals surface area contributed by atoms with Crippen molar-refractivity contribution in [3.63, 3.8) is 0 Å². The Balaban J connectivity index is 3.52. The highest BCUT2D eigenvalue weighted by Crippen LogP contribution is 2.08. The van der Waals surface area contributed by atoms with Gasteiger partial charge in [-0.15, -0.1) is 5.98 Å². The average Bonchev–Trinajstić information content (AvgIpc) is 1.59. The van der Waals surface area contributed by atoms with Crippen LogP contribution in [0, 0.1) is 0 Å². The highest BCUT2D eigenvalue weighted by Gasteiger charge is 2.16. The first-order chi connectivity index (χ1) is 3.56. The normalized spacial score (nSPS) is 13.0. The summed E-state index contributed by atoms with van der Waals surface area (Å²) in [6.45, 7) is -5.40. The number of halogens is 3. The molecule has 0 unspecified atom stereocenters. The average molecular weight is 125 g/mol. The van der Waals surface area contributed by atoms with E-state index in [1.54, 1.807) is 0 Å². The van der Waals surface area contributed by atoms with Gasteiger partial charge in [-0.2, -0.15) is 0 Å². The molecule has 0 bridgehead atoms. The number of hydrogen-bond acceptors (Lipinski definition) is 1. The fraction of sp³-hybridized carbons (Fsp3) is 0.333. The van der Waals surface area contributed by atoms with Gasteiger partial charge in [-0.3, -0.25) is 0 Å². The fourth-order valence-electron chi connectivity index (χ4n) is 0.215. The molecule has 0 aliphatic heterocycles. The van der Waals surface area contributed by atoms with E-state index in [-0.39, 0.29) is 5.98 Å². The van der Waals surface area contributed by atoms with Crippen LogP contribution in [0.5, 0.6) is 0 Å². The Kier molecular flexibility index (Phi) is 2.61. The highest BCUT2D eigenvalue weighted by molar-refractivity contribution is 6.64. The molecule has 5 heteroatoms. The molecule has 1 nitrogen and oxygen atoms in total. The van der Waals surface area contributed by atoms with Gasteiger partial charge in [0.15, 0.2) is 0 Å². The molecule has 0 heterocycles. The van der Waals surface area contributed by atoms with E-state index in [4.69, 9.17) is 5.11 Å². The van der Waals surface area contributed by atoms with Crippen LogP contribution in [0.3, 0.4) is 0 Å². The van der Waals surface area contributed by atoms with Gasteiger partial charge < -0.3 is 18.1 Å². The molecule has 0 atom stereocenters. The zero-order chi connectivity index (χ0) is 6.62. The van der Waals surface area contributed by atoms with Crippen molar-refractivity contribution in [2.45, 2.75) is 0 Å². The summed E-state index contributed by atoms with van der Waals surface area (Å²) in [5, 5.41) is 7.85. The highest BCUT2D eigenvalue weighted by atomic mass is 19.4. The van der Waals surface area contributed by atoms with Gasteiger partial charge in [-0.1, -0.05) is 6.08 Å². The summed E-state index contributed by atoms with van der Waals surface area (Å²) in [5.41, 5.74) is 0. The molecule has 0 aliphatic carbocycles. The molecule has 48 valence electrons. The molecule has 0 spiro atoms. The van der Waals surface area contributed by atoms with Crippen molar-refractivity contribution in [3.8, 4) is 0 Å². The molecular formula is C3H5BF3O-. The van der Waals surface area contributed by atoms with Crippen molar-refractivity contribution in [3.05, 3.63) is 12.1 Å². The largest absolute Gasteiger partial charge is 0.502 e. The van der Waals surface area contributed by atoms with E-state index in [9.17, 15) is 12.9 Å². The Morgan fingerprint density at radius 1 is 1.38 bits per heavy atom. The predicted octanol–water partition coefficient (Wildman–Crippen LogP) is 0.921. The summed E-state index contributed by atoms with van der Waals surface area (Å²) in [6, 6.07) is 0. The minimum atomic E-state index is -4.84. The van der Waals surface area contributed by atoms with Crippen molar-refractivity contribution in [2.24, 2.45) is 0 Å². The smallest absolute Gasteiger partial charge is 0.445 e. The van der Waals surface area contributed by atoms with Crippen LogP contribution >= 0.6 is 0 Å². The number of aliphatic hydroxyl groups is 1. The van der Waals surface area contributed by atoms with Crippen LogP contribution in [-0.4, -0.2) is 18.7 Å². The molecule has 1 N–H and O–H groups in total. The number of rotatable bonds is 2. The topological polar surface area (TPSA) is 20.2 Å². The molecule has 0 radical (unpaired) electrons. The van der Waals surface area contributed by atoms with Crippen molar-refractivity contribution >= 4 is 6.98 Å². The van der Waals surface area contributed by atoms with Crippen molar-refractivity contribution in [1.82, 2.24) is 0 Å². The second kappa shape index (κ2) is 2.76. The maximum Gasteiger partial charge on any atom is 0.502 e. The van der Waals surface area contributed by atoms with Gasteiger partial charge in [0, 0.05) is 0 Å². The molecule has 8 heavy (non-hydrogen) atoms. The Labute approximate surface area is 44.9 Å². The molecule has 0 aromatic rings. The lowest BCUT2D eigenvalue weighted by Crippen LogP contribution is -2.09. The molecule has 0 aliphatic rings. The first-order valence-electron chi connectivity index (χ1n) is 2.05. The van der Waals surface area contributed by atoms with E-state index >= 15 is 0 Å². The third kappa shape index (κ3) is 5.55. The van der Waals surface area contributed by atoms with Crippen LogP contribution in [-0.2, 0) is 0 Å². The molecule has 0 aromatic heterocycles. The summed E-state index contributed by atoms with van der Waals surface area (Å²) in [7, 11) is 0.